The maximum Gasteiger partial charge on any atom is 0.291 e. The van der Waals surface area contributed by atoms with Crippen molar-refractivity contribution in [2.45, 2.75) is 19.0 Å². The summed E-state index contributed by atoms with van der Waals surface area (Å²) in [6, 6.07) is 12.9. The molecule has 5 rings (SSSR count). The van der Waals surface area contributed by atoms with Gasteiger partial charge in [0.2, 0.25) is 5.82 Å². The number of likely N-dealkylation sites (N-methyl/N-ethyl adjacent to an activating group) is 1. The van der Waals surface area contributed by atoms with Gasteiger partial charge < -0.3 is 9.88 Å². The van der Waals surface area contributed by atoms with E-state index < -0.39 is 11.9 Å². The van der Waals surface area contributed by atoms with Gasteiger partial charge in [-0.05, 0) is 17.7 Å². The van der Waals surface area contributed by atoms with Crippen molar-refractivity contribution in [2.75, 3.05) is 11.9 Å². The summed E-state index contributed by atoms with van der Waals surface area (Å²) in [5.74, 6) is 0.419. The Morgan fingerprint density at radius 1 is 1.23 bits per heavy atom. The maximum atomic E-state index is 13.0. The van der Waals surface area contributed by atoms with Gasteiger partial charge >= 0.3 is 0 Å². The van der Waals surface area contributed by atoms with E-state index >= 15 is 0 Å². The van der Waals surface area contributed by atoms with Crippen molar-refractivity contribution < 1.29 is 9.59 Å². The maximum absolute atomic E-state index is 13.0. The minimum atomic E-state index is -0.761. The number of nitrogens with zero attached hydrogens (tertiary/aromatic N) is 5. The lowest BCUT2D eigenvalue weighted by atomic mass is 10.1. The Bertz CT molecular complexity index is 1240. The average molecular weight is 401 g/mol. The van der Waals surface area contributed by atoms with Gasteiger partial charge in [-0.2, -0.15) is 0 Å². The third-order valence-corrected chi connectivity index (χ3v) is 5.24. The Morgan fingerprint density at radius 3 is 2.90 bits per heavy atom. The smallest absolute Gasteiger partial charge is 0.291 e. The van der Waals surface area contributed by atoms with Crippen LogP contribution in [0, 0.1) is 0 Å². The number of hydrogen-bond donors (Lipinski definition) is 2. The molecule has 1 unspecified atom stereocenters. The number of aromatic amines is 1. The number of amides is 2. The zero-order valence-corrected chi connectivity index (χ0v) is 16.2. The molecule has 2 amide bonds. The van der Waals surface area contributed by atoms with Crippen molar-refractivity contribution in [2.24, 2.45) is 0 Å². The van der Waals surface area contributed by atoms with E-state index in [1.54, 1.807) is 13.2 Å². The molecule has 1 atom stereocenters. The molecule has 0 spiro atoms. The van der Waals surface area contributed by atoms with E-state index in [0.717, 1.165) is 16.5 Å². The van der Waals surface area contributed by atoms with Crippen LogP contribution in [-0.2, 0) is 17.8 Å². The lowest BCUT2D eigenvalue weighted by molar-refractivity contribution is -0.120. The first-order valence-corrected chi connectivity index (χ1v) is 9.57. The summed E-state index contributed by atoms with van der Waals surface area (Å²) in [4.78, 5) is 35.8. The number of carbonyl (C=O) groups is 2. The van der Waals surface area contributed by atoms with Crippen molar-refractivity contribution in [3.8, 4) is 0 Å². The predicted octanol–water partition coefficient (Wildman–Crippen LogP) is 1.52. The van der Waals surface area contributed by atoms with E-state index in [9.17, 15) is 9.59 Å². The quantitative estimate of drug-likeness (QED) is 0.539. The van der Waals surface area contributed by atoms with Crippen molar-refractivity contribution in [1.82, 2.24) is 30.0 Å². The number of rotatable bonds is 4. The van der Waals surface area contributed by atoms with E-state index in [4.69, 9.17) is 0 Å². The molecule has 3 aromatic heterocycles. The molecule has 0 fully saturated rings. The van der Waals surface area contributed by atoms with Gasteiger partial charge in [-0.1, -0.05) is 30.3 Å². The number of nitrogens with one attached hydrogen (secondary N) is 2. The second-order valence-electron chi connectivity index (χ2n) is 7.23. The van der Waals surface area contributed by atoms with E-state index in [2.05, 4.69) is 25.5 Å². The Kier molecular flexibility index (Phi) is 4.27. The molecule has 1 aliphatic rings. The molecule has 0 bridgehead atoms. The predicted molar refractivity (Wildman–Crippen MR) is 110 cm³/mol. The van der Waals surface area contributed by atoms with Crippen LogP contribution in [0.5, 0.6) is 0 Å². The summed E-state index contributed by atoms with van der Waals surface area (Å²) in [6.45, 7) is 0.304. The van der Waals surface area contributed by atoms with Gasteiger partial charge in [-0.15, -0.1) is 5.10 Å². The van der Waals surface area contributed by atoms with Crippen molar-refractivity contribution in [3.05, 3.63) is 72.1 Å². The molecule has 9 nitrogen and oxygen atoms in total. The molecule has 1 aromatic carbocycles. The molecule has 9 heteroatoms. The first-order valence-electron chi connectivity index (χ1n) is 9.57. The van der Waals surface area contributed by atoms with Gasteiger partial charge in [-0.25, -0.2) is 9.97 Å². The second kappa shape index (κ2) is 7.11. The van der Waals surface area contributed by atoms with Gasteiger partial charge in [0.1, 0.15) is 11.9 Å². The first-order chi connectivity index (χ1) is 14.6. The number of benzene rings is 1. The summed E-state index contributed by atoms with van der Waals surface area (Å²) in [5.41, 5.74) is 1.93. The fraction of sp³-hybridized carbons (Fsp3) is 0.190. The van der Waals surface area contributed by atoms with Gasteiger partial charge in [0.05, 0.1) is 12.1 Å². The molecule has 4 aromatic rings. The summed E-state index contributed by atoms with van der Waals surface area (Å²) in [7, 11) is 1.66. The van der Waals surface area contributed by atoms with Gasteiger partial charge in [0.15, 0.2) is 5.82 Å². The molecule has 0 saturated heterocycles. The van der Waals surface area contributed by atoms with E-state index in [1.807, 2.05) is 53.2 Å². The van der Waals surface area contributed by atoms with Crippen LogP contribution in [-0.4, -0.2) is 49.6 Å². The standard InChI is InChI=1S/C21H19N7O2/c1-27-19-17-14(7-9-22-19)8-10-28(17)12-15(21(27)30)23-20(29)18-24-16(25-26-18)11-13-5-3-2-4-6-13/h2-10,15H,11-12H2,1H3,(H,23,29)(H,24,25,26). The summed E-state index contributed by atoms with van der Waals surface area (Å²) < 4.78 is 1.93. The van der Waals surface area contributed by atoms with Crippen LogP contribution in [0.2, 0.25) is 0 Å². The second-order valence-corrected chi connectivity index (χ2v) is 7.23. The molecule has 4 heterocycles. The van der Waals surface area contributed by atoms with E-state index in [-0.39, 0.29) is 11.7 Å². The number of anilines is 1. The third kappa shape index (κ3) is 3.10. The Balaban J connectivity index is 1.36. The Morgan fingerprint density at radius 2 is 2.07 bits per heavy atom. The molecular weight excluding hydrogens is 382 g/mol. The number of aromatic nitrogens is 5. The highest BCUT2D eigenvalue weighted by Gasteiger charge is 2.32. The van der Waals surface area contributed by atoms with Crippen molar-refractivity contribution in [3.63, 3.8) is 0 Å². The first kappa shape index (κ1) is 18.0. The number of hydrogen-bond acceptors (Lipinski definition) is 5. The molecule has 0 radical (unpaired) electrons. The normalized spacial score (nSPS) is 16.0. The molecule has 1 aliphatic heterocycles. The van der Waals surface area contributed by atoms with Crippen LogP contribution < -0.4 is 10.2 Å². The van der Waals surface area contributed by atoms with Gasteiger partial charge in [-0.3, -0.25) is 19.6 Å². The lowest BCUT2D eigenvalue weighted by Crippen LogP contribution is -2.48. The van der Waals surface area contributed by atoms with Crippen LogP contribution >= 0.6 is 0 Å². The topological polar surface area (TPSA) is 109 Å². The SMILES string of the molecule is CN1C(=O)C(NC(=O)c2n[nH]c(Cc3ccccc3)n2)Cn2ccc3ccnc1c32. The minimum Gasteiger partial charge on any atom is -0.342 e. The molecule has 2 N–H and O–H groups in total. The summed E-state index contributed by atoms with van der Waals surface area (Å²) >= 11 is 0. The molecule has 150 valence electrons. The number of pyridine rings is 1. The highest BCUT2D eigenvalue weighted by atomic mass is 16.2. The largest absolute Gasteiger partial charge is 0.342 e. The summed E-state index contributed by atoms with van der Waals surface area (Å²) in [5, 5.41) is 10.6. The van der Waals surface area contributed by atoms with Crippen LogP contribution in [0.25, 0.3) is 10.9 Å². The average Bonchev–Trinajstić information content (AvgIpc) is 3.38. The zero-order valence-electron chi connectivity index (χ0n) is 16.2. The van der Waals surface area contributed by atoms with Crippen LogP contribution in [0.3, 0.4) is 0 Å². The molecule has 30 heavy (non-hydrogen) atoms. The summed E-state index contributed by atoms with van der Waals surface area (Å²) in [6.07, 6.45) is 4.10. The van der Waals surface area contributed by atoms with E-state index in [1.165, 1.54) is 4.90 Å². The molecule has 0 saturated carbocycles. The minimum absolute atomic E-state index is 0.00826. The number of carbonyl (C=O) groups excluding carboxylic acids is 2. The highest BCUT2D eigenvalue weighted by Crippen LogP contribution is 2.28. The lowest BCUT2D eigenvalue weighted by Gasteiger charge is -2.20. The Hall–Kier alpha value is -4.01. The third-order valence-electron chi connectivity index (χ3n) is 5.24. The van der Waals surface area contributed by atoms with Crippen molar-refractivity contribution in [1.29, 1.82) is 0 Å². The van der Waals surface area contributed by atoms with Crippen LogP contribution in [0.1, 0.15) is 22.0 Å². The van der Waals surface area contributed by atoms with Gasteiger partial charge in [0.25, 0.3) is 11.8 Å². The van der Waals surface area contributed by atoms with Crippen molar-refractivity contribution >= 4 is 28.5 Å². The number of H-pyrrole nitrogens is 1. The van der Waals surface area contributed by atoms with Crippen LogP contribution in [0.15, 0.2) is 54.9 Å². The molecule has 0 aliphatic carbocycles. The van der Waals surface area contributed by atoms with E-state index in [0.29, 0.717) is 24.6 Å². The fourth-order valence-corrected chi connectivity index (χ4v) is 3.74. The highest BCUT2D eigenvalue weighted by molar-refractivity contribution is 6.05. The fourth-order valence-electron chi connectivity index (χ4n) is 3.74. The zero-order chi connectivity index (χ0) is 20.7. The molecular formula is C21H19N7O2. The Labute approximate surface area is 171 Å². The van der Waals surface area contributed by atoms with Gasteiger partial charge in [0, 0.05) is 31.2 Å². The van der Waals surface area contributed by atoms with Crippen LogP contribution in [0.4, 0.5) is 5.82 Å². The monoisotopic (exact) mass is 401 g/mol.